The third-order valence-corrected chi connectivity index (χ3v) is 3.48. The summed E-state index contributed by atoms with van der Waals surface area (Å²) < 4.78 is 13.6. The number of carbonyl (C=O) groups is 1. The molecule has 2 rings (SSSR count). The van der Waals surface area contributed by atoms with Crippen molar-refractivity contribution in [1.82, 2.24) is 4.98 Å². The number of hydrogen-bond donors (Lipinski definition) is 2. The van der Waals surface area contributed by atoms with Gasteiger partial charge in [0, 0.05) is 5.69 Å². The fourth-order valence-electron chi connectivity index (χ4n) is 1.75. The maximum absolute atomic E-state index is 13.4. The van der Waals surface area contributed by atoms with E-state index in [1.807, 2.05) is 0 Å². The molecular weight excluding hydrogens is 325 g/mol. The lowest BCUT2D eigenvalue weighted by Gasteiger charge is -2.11. The highest BCUT2D eigenvalue weighted by Crippen LogP contribution is 2.25. The molecule has 0 atom stereocenters. The Bertz CT molecular complexity index is 688. The zero-order chi connectivity index (χ0) is 14.9. The summed E-state index contributed by atoms with van der Waals surface area (Å²) in [6, 6.07) is 4.44. The van der Waals surface area contributed by atoms with Crippen LogP contribution in [0.1, 0.15) is 21.6 Å². The number of benzene rings is 1. The smallest absolute Gasteiger partial charge is 0.257 e. The summed E-state index contributed by atoms with van der Waals surface area (Å²) in [5.74, 6) is -0.703. The predicted octanol–water partition coefficient (Wildman–Crippen LogP) is 3.43. The van der Waals surface area contributed by atoms with Crippen LogP contribution in [-0.2, 0) is 0 Å². The summed E-state index contributed by atoms with van der Waals surface area (Å²) in [5, 5.41) is 2.73. The molecule has 0 radical (unpaired) electrons. The van der Waals surface area contributed by atoms with E-state index in [-0.39, 0.29) is 11.7 Å². The molecule has 3 N–H and O–H groups in total. The molecule has 1 amide bonds. The van der Waals surface area contributed by atoms with Crippen LogP contribution in [0.25, 0.3) is 0 Å². The first-order valence-corrected chi connectivity index (χ1v) is 6.67. The van der Waals surface area contributed by atoms with E-state index >= 15 is 0 Å². The van der Waals surface area contributed by atoms with E-state index in [0.717, 1.165) is 0 Å². The van der Waals surface area contributed by atoms with Gasteiger partial charge in [-0.1, -0.05) is 0 Å². The van der Waals surface area contributed by atoms with Crippen molar-refractivity contribution in [3.05, 3.63) is 51.5 Å². The molecule has 0 aliphatic carbocycles. The highest BCUT2D eigenvalue weighted by Gasteiger charge is 2.13. The van der Waals surface area contributed by atoms with E-state index < -0.39 is 0 Å². The molecule has 0 bridgehead atoms. The van der Waals surface area contributed by atoms with Crippen molar-refractivity contribution in [2.45, 2.75) is 13.8 Å². The molecule has 0 aliphatic heterocycles. The van der Waals surface area contributed by atoms with Gasteiger partial charge in [-0.3, -0.25) is 9.78 Å². The Kier molecular flexibility index (Phi) is 4.04. The third-order valence-electron chi connectivity index (χ3n) is 2.87. The molecule has 0 aliphatic rings. The van der Waals surface area contributed by atoms with Crippen LogP contribution >= 0.6 is 15.9 Å². The molecule has 1 aromatic heterocycles. The van der Waals surface area contributed by atoms with Gasteiger partial charge in [-0.2, -0.15) is 0 Å². The van der Waals surface area contributed by atoms with Gasteiger partial charge in [-0.15, -0.1) is 0 Å². The molecule has 1 aromatic carbocycles. The summed E-state index contributed by atoms with van der Waals surface area (Å²) in [6.07, 6.45) is 1.49. The number of anilines is 2. The van der Waals surface area contributed by atoms with E-state index in [2.05, 4.69) is 26.2 Å². The minimum atomic E-state index is -0.373. The van der Waals surface area contributed by atoms with Crippen LogP contribution in [0.4, 0.5) is 15.8 Å². The fraction of sp³-hybridized carbons (Fsp3) is 0.143. The number of nitrogens with one attached hydrogen (secondary N) is 1. The van der Waals surface area contributed by atoms with E-state index in [4.69, 9.17) is 5.73 Å². The van der Waals surface area contributed by atoms with Crippen molar-refractivity contribution in [2.24, 2.45) is 0 Å². The fourth-order valence-corrected chi connectivity index (χ4v) is 2.09. The zero-order valence-corrected chi connectivity index (χ0v) is 12.6. The lowest BCUT2D eigenvalue weighted by Crippen LogP contribution is -2.15. The molecule has 2 aromatic rings. The minimum Gasteiger partial charge on any atom is -0.397 e. The summed E-state index contributed by atoms with van der Waals surface area (Å²) in [7, 11) is 0. The van der Waals surface area contributed by atoms with Crippen LogP contribution < -0.4 is 11.1 Å². The van der Waals surface area contributed by atoms with Gasteiger partial charge < -0.3 is 11.1 Å². The number of nitrogens with zero attached hydrogens (tertiary/aromatic N) is 1. The number of aromatic nitrogens is 1. The normalized spacial score (nSPS) is 10.4. The Morgan fingerprint density at radius 2 is 2.05 bits per heavy atom. The number of halogens is 2. The second-order valence-electron chi connectivity index (χ2n) is 4.44. The van der Waals surface area contributed by atoms with E-state index in [1.54, 1.807) is 19.9 Å². The Morgan fingerprint density at radius 3 is 2.75 bits per heavy atom. The molecule has 20 heavy (non-hydrogen) atoms. The molecule has 6 heteroatoms. The number of nitrogens with two attached hydrogens (primary N) is 1. The molecule has 1 heterocycles. The predicted molar refractivity (Wildman–Crippen MR) is 80.2 cm³/mol. The largest absolute Gasteiger partial charge is 0.397 e. The molecule has 0 spiro atoms. The first kappa shape index (κ1) is 14.5. The minimum absolute atomic E-state index is 0.292. The molecule has 104 valence electrons. The van der Waals surface area contributed by atoms with Gasteiger partial charge in [0.1, 0.15) is 5.82 Å². The number of nitrogen functional groups attached to an aromatic ring is 1. The van der Waals surface area contributed by atoms with Crippen molar-refractivity contribution in [3.63, 3.8) is 0 Å². The van der Waals surface area contributed by atoms with Crippen molar-refractivity contribution in [3.8, 4) is 0 Å². The molecular formula is C14H13BrFN3O. The van der Waals surface area contributed by atoms with Gasteiger partial charge in [-0.25, -0.2) is 4.39 Å². The Morgan fingerprint density at radius 1 is 1.35 bits per heavy atom. The van der Waals surface area contributed by atoms with Crippen molar-refractivity contribution >= 4 is 33.2 Å². The van der Waals surface area contributed by atoms with Crippen molar-refractivity contribution < 1.29 is 9.18 Å². The van der Waals surface area contributed by atoms with Gasteiger partial charge in [0.2, 0.25) is 0 Å². The number of aryl methyl sites for hydroxylation is 2. The standard InChI is InChI=1S/C14H13BrFN3O/c1-7-3-12(16)11(15)5-13(7)19-14(20)10-4-9(17)6-18-8(10)2/h3-6H,17H2,1-2H3,(H,19,20). The van der Waals surface area contributed by atoms with Crippen LogP contribution in [0, 0.1) is 19.7 Å². The average molecular weight is 338 g/mol. The lowest BCUT2D eigenvalue weighted by atomic mass is 10.1. The average Bonchev–Trinajstić information content (AvgIpc) is 2.38. The number of carbonyl (C=O) groups excluding carboxylic acids is 1. The molecule has 0 saturated heterocycles. The van der Waals surface area contributed by atoms with Gasteiger partial charge in [0.15, 0.2) is 0 Å². The van der Waals surface area contributed by atoms with E-state index in [9.17, 15) is 9.18 Å². The second-order valence-corrected chi connectivity index (χ2v) is 5.29. The molecule has 0 saturated carbocycles. The van der Waals surface area contributed by atoms with Gasteiger partial charge in [-0.05, 0) is 53.5 Å². The highest BCUT2D eigenvalue weighted by atomic mass is 79.9. The van der Waals surface area contributed by atoms with Crippen LogP contribution in [0.15, 0.2) is 28.9 Å². The molecule has 4 nitrogen and oxygen atoms in total. The monoisotopic (exact) mass is 337 g/mol. The van der Waals surface area contributed by atoms with Crippen molar-refractivity contribution in [1.29, 1.82) is 0 Å². The Labute approximate surface area is 124 Å². The van der Waals surface area contributed by atoms with Crippen LogP contribution in [0.2, 0.25) is 0 Å². The number of rotatable bonds is 2. The summed E-state index contributed by atoms with van der Waals surface area (Å²) in [6.45, 7) is 3.44. The first-order chi connectivity index (χ1) is 9.38. The third kappa shape index (κ3) is 2.96. The van der Waals surface area contributed by atoms with Crippen LogP contribution in [0.3, 0.4) is 0 Å². The zero-order valence-electron chi connectivity index (χ0n) is 11.0. The molecule has 0 fully saturated rings. The van der Waals surface area contributed by atoms with Crippen LogP contribution in [-0.4, -0.2) is 10.9 Å². The second kappa shape index (κ2) is 5.58. The molecule has 0 unspecified atom stereocenters. The van der Waals surface area contributed by atoms with E-state index in [0.29, 0.717) is 32.7 Å². The summed E-state index contributed by atoms with van der Waals surface area (Å²) >= 11 is 3.09. The van der Waals surface area contributed by atoms with Gasteiger partial charge >= 0.3 is 0 Å². The van der Waals surface area contributed by atoms with Crippen molar-refractivity contribution in [2.75, 3.05) is 11.1 Å². The Hall–Kier alpha value is -1.95. The lowest BCUT2D eigenvalue weighted by molar-refractivity contribution is 0.102. The summed E-state index contributed by atoms with van der Waals surface area (Å²) in [4.78, 5) is 16.3. The first-order valence-electron chi connectivity index (χ1n) is 5.87. The van der Waals surface area contributed by atoms with Gasteiger partial charge in [0.25, 0.3) is 5.91 Å². The topological polar surface area (TPSA) is 68.0 Å². The van der Waals surface area contributed by atoms with Crippen LogP contribution in [0.5, 0.6) is 0 Å². The Balaban J connectivity index is 2.32. The highest BCUT2D eigenvalue weighted by molar-refractivity contribution is 9.10. The number of amides is 1. The summed E-state index contributed by atoms with van der Waals surface area (Å²) in [5.41, 5.74) is 8.19. The SMILES string of the molecule is Cc1cc(F)c(Br)cc1NC(=O)c1cc(N)cnc1C. The quantitative estimate of drug-likeness (QED) is 0.881. The van der Waals surface area contributed by atoms with E-state index in [1.165, 1.54) is 18.3 Å². The van der Waals surface area contributed by atoms with Gasteiger partial charge in [0.05, 0.1) is 27.6 Å². The maximum Gasteiger partial charge on any atom is 0.257 e. The number of hydrogen-bond acceptors (Lipinski definition) is 3. The maximum atomic E-state index is 13.4. The number of pyridine rings is 1.